The third kappa shape index (κ3) is 8.92. The number of allylic oxidation sites excluding steroid dienone is 2. The maximum Gasteiger partial charge on any atom is -0.0320 e. The molecule has 2 saturated carbocycles. The summed E-state index contributed by atoms with van der Waals surface area (Å²) >= 11 is 0. The molecule has 0 aromatic rings. The summed E-state index contributed by atoms with van der Waals surface area (Å²) in [4.78, 5) is 0. The normalized spacial score (nSPS) is 29.5. The Hall–Kier alpha value is -0.520. The van der Waals surface area contributed by atoms with Gasteiger partial charge in [-0.05, 0) is 81.5 Å². The van der Waals surface area contributed by atoms with Crippen molar-refractivity contribution in [2.45, 2.75) is 117 Å². The van der Waals surface area contributed by atoms with Crippen LogP contribution in [0.15, 0.2) is 24.3 Å². The number of unbranched alkanes of at least 4 members (excludes halogenated alkanes) is 1. The Bertz CT molecular complexity index is 410. The molecule has 150 valence electrons. The zero-order valence-corrected chi connectivity index (χ0v) is 18.0. The molecule has 0 aromatic heterocycles. The molecule has 0 aliphatic heterocycles. The van der Waals surface area contributed by atoms with Gasteiger partial charge in [0, 0.05) is 0 Å². The first-order valence-electron chi connectivity index (χ1n) is 11.9. The molecule has 2 atom stereocenters. The predicted molar refractivity (Wildman–Crippen MR) is 117 cm³/mol. The topological polar surface area (TPSA) is 0 Å². The molecule has 0 nitrogen and oxygen atoms in total. The lowest BCUT2D eigenvalue weighted by atomic mass is 9.79. The van der Waals surface area contributed by atoms with Gasteiger partial charge in [0.25, 0.3) is 0 Å². The SMILES string of the molecule is C=C(CCCCC(=C)CCC1CCCC(C)C1)CCC1CCC(C)CC1. The molecule has 0 spiro atoms. The van der Waals surface area contributed by atoms with Crippen LogP contribution in [0.3, 0.4) is 0 Å². The van der Waals surface area contributed by atoms with E-state index in [4.69, 9.17) is 0 Å². The van der Waals surface area contributed by atoms with Crippen LogP contribution in [0, 0.1) is 23.7 Å². The summed E-state index contributed by atoms with van der Waals surface area (Å²) in [5.74, 6) is 3.91. The minimum atomic E-state index is 0.963. The van der Waals surface area contributed by atoms with Gasteiger partial charge in [0.2, 0.25) is 0 Å². The lowest BCUT2D eigenvalue weighted by Gasteiger charge is -2.26. The van der Waals surface area contributed by atoms with Gasteiger partial charge in [-0.25, -0.2) is 0 Å². The highest BCUT2D eigenvalue weighted by Gasteiger charge is 2.19. The zero-order valence-electron chi connectivity index (χ0n) is 18.0. The highest BCUT2D eigenvalue weighted by atomic mass is 14.2. The van der Waals surface area contributed by atoms with Gasteiger partial charge in [0.1, 0.15) is 0 Å². The second kappa shape index (κ2) is 12.0. The predicted octanol–water partition coefficient (Wildman–Crippen LogP) is 8.87. The first kappa shape index (κ1) is 21.8. The molecule has 0 aromatic carbocycles. The summed E-state index contributed by atoms with van der Waals surface area (Å²) in [6.45, 7) is 13.6. The van der Waals surface area contributed by atoms with Crippen LogP contribution in [0.1, 0.15) is 117 Å². The summed E-state index contributed by atoms with van der Waals surface area (Å²) in [6, 6.07) is 0. The highest BCUT2D eigenvalue weighted by molar-refractivity contribution is 4.97. The van der Waals surface area contributed by atoms with Crippen molar-refractivity contribution in [2.75, 3.05) is 0 Å². The molecule has 2 fully saturated rings. The first-order valence-corrected chi connectivity index (χ1v) is 11.9. The van der Waals surface area contributed by atoms with E-state index in [2.05, 4.69) is 27.0 Å². The monoisotopic (exact) mass is 358 g/mol. The maximum absolute atomic E-state index is 4.36. The Morgan fingerprint density at radius 1 is 0.654 bits per heavy atom. The van der Waals surface area contributed by atoms with Gasteiger partial charge in [0.05, 0.1) is 0 Å². The Balaban J connectivity index is 1.45. The van der Waals surface area contributed by atoms with Crippen LogP contribution in [0.4, 0.5) is 0 Å². The van der Waals surface area contributed by atoms with Crippen LogP contribution >= 0.6 is 0 Å². The second-order valence-corrected chi connectivity index (χ2v) is 10.0. The van der Waals surface area contributed by atoms with E-state index in [0.717, 1.165) is 23.7 Å². The minimum Gasteiger partial charge on any atom is -0.0999 e. The maximum atomic E-state index is 4.36. The van der Waals surface area contributed by atoms with Crippen LogP contribution in [-0.4, -0.2) is 0 Å². The van der Waals surface area contributed by atoms with Crippen LogP contribution in [0.5, 0.6) is 0 Å². The third-order valence-electron chi connectivity index (χ3n) is 7.30. The summed E-state index contributed by atoms with van der Waals surface area (Å²) in [5, 5.41) is 0. The van der Waals surface area contributed by atoms with E-state index in [1.807, 2.05) is 0 Å². The quantitative estimate of drug-likeness (QED) is 0.255. The summed E-state index contributed by atoms with van der Waals surface area (Å²) in [7, 11) is 0. The molecule has 0 heteroatoms. The van der Waals surface area contributed by atoms with E-state index in [1.54, 1.807) is 0 Å². The van der Waals surface area contributed by atoms with Gasteiger partial charge >= 0.3 is 0 Å². The van der Waals surface area contributed by atoms with Crippen molar-refractivity contribution in [1.82, 2.24) is 0 Å². The molecule has 26 heavy (non-hydrogen) atoms. The number of hydrogen-bond acceptors (Lipinski definition) is 0. The van der Waals surface area contributed by atoms with Crippen molar-refractivity contribution < 1.29 is 0 Å². The van der Waals surface area contributed by atoms with Gasteiger partial charge < -0.3 is 0 Å². The lowest BCUT2D eigenvalue weighted by molar-refractivity contribution is 0.269. The van der Waals surface area contributed by atoms with Gasteiger partial charge in [-0.3, -0.25) is 0 Å². The second-order valence-electron chi connectivity index (χ2n) is 10.0. The molecular weight excluding hydrogens is 312 g/mol. The van der Waals surface area contributed by atoms with Crippen molar-refractivity contribution in [1.29, 1.82) is 0 Å². The van der Waals surface area contributed by atoms with Crippen molar-refractivity contribution in [2.24, 2.45) is 23.7 Å². The smallest absolute Gasteiger partial charge is 0.0320 e. The number of rotatable bonds is 11. The Morgan fingerprint density at radius 3 is 1.81 bits per heavy atom. The molecule has 0 radical (unpaired) electrons. The fourth-order valence-corrected chi connectivity index (χ4v) is 5.26. The third-order valence-corrected chi connectivity index (χ3v) is 7.30. The summed E-state index contributed by atoms with van der Waals surface area (Å²) in [6.07, 6.45) is 22.2. The van der Waals surface area contributed by atoms with E-state index in [9.17, 15) is 0 Å². The van der Waals surface area contributed by atoms with E-state index in [-0.39, 0.29) is 0 Å². The highest BCUT2D eigenvalue weighted by Crippen LogP contribution is 2.33. The van der Waals surface area contributed by atoms with E-state index >= 15 is 0 Å². The fourth-order valence-electron chi connectivity index (χ4n) is 5.26. The molecular formula is C26H46. The Labute approximate surface area is 164 Å². The fraction of sp³-hybridized carbons (Fsp3) is 0.846. The largest absolute Gasteiger partial charge is 0.0999 e. The molecule has 2 aliphatic rings. The lowest BCUT2D eigenvalue weighted by Crippen LogP contribution is -2.13. The summed E-state index contributed by atoms with van der Waals surface area (Å²) in [5.41, 5.74) is 3.01. The molecule has 2 rings (SSSR count). The first-order chi connectivity index (χ1) is 12.5. The molecule has 2 unspecified atom stereocenters. The average molecular weight is 359 g/mol. The van der Waals surface area contributed by atoms with Crippen molar-refractivity contribution in [3.63, 3.8) is 0 Å². The minimum absolute atomic E-state index is 0.963. The van der Waals surface area contributed by atoms with E-state index in [0.29, 0.717) is 0 Å². The Morgan fingerprint density at radius 2 is 1.23 bits per heavy atom. The summed E-state index contributed by atoms with van der Waals surface area (Å²) < 4.78 is 0. The van der Waals surface area contributed by atoms with E-state index < -0.39 is 0 Å². The van der Waals surface area contributed by atoms with Crippen LogP contribution in [0.25, 0.3) is 0 Å². The van der Waals surface area contributed by atoms with Gasteiger partial charge in [0.15, 0.2) is 0 Å². The van der Waals surface area contributed by atoms with Gasteiger partial charge in [-0.2, -0.15) is 0 Å². The van der Waals surface area contributed by atoms with E-state index in [1.165, 1.54) is 114 Å². The average Bonchev–Trinajstić information content (AvgIpc) is 2.63. The Kier molecular flexibility index (Phi) is 10.1. The van der Waals surface area contributed by atoms with Crippen molar-refractivity contribution >= 4 is 0 Å². The van der Waals surface area contributed by atoms with Crippen molar-refractivity contribution in [3.05, 3.63) is 24.3 Å². The molecule has 0 amide bonds. The standard InChI is InChI=1S/C26H46/c1-21(12-16-25-17-13-23(3)14-18-25)8-5-6-9-22(2)15-19-26-11-7-10-24(4)20-26/h23-26H,1-2,5-20H2,3-4H3. The van der Waals surface area contributed by atoms with Crippen LogP contribution in [-0.2, 0) is 0 Å². The molecule has 0 heterocycles. The molecule has 2 aliphatic carbocycles. The molecule has 0 N–H and O–H groups in total. The number of hydrogen-bond donors (Lipinski definition) is 0. The van der Waals surface area contributed by atoms with Gasteiger partial charge in [-0.15, -0.1) is 0 Å². The molecule has 0 saturated heterocycles. The van der Waals surface area contributed by atoms with Crippen LogP contribution in [0.2, 0.25) is 0 Å². The van der Waals surface area contributed by atoms with Crippen molar-refractivity contribution in [3.8, 4) is 0 Å². The zero-order chi connectivity index (χ0) is 18.8. The van der Waals surface area contributed by atoms with Crippen LogP contribution < -0.4 is 0 Å². The molecule has 0 bridgehead atoms. The van der Waals surface area contributed by atoms with Gasteiger partial charge in [-0.1, -0.05) is 83.1 Å².